The van der Waals surface area contributed by atoms with Gasteiger partial charge in [-0.15, -0.1) is 21.5 Å². The van der Waals surface area contributed by atoms with Crippen molar-refractivity contribution in [2.75, 3.05) is 5.32 Å². The lowest BCUT2D eigenvalue weighted by molar-refractivity contribution is -0.141. The van der Waals surface area contributed by atoms with Crippen molar-refractivity contribution in [1.29, 1.82) is 0 Å². The molecule has 0 aromatic carbocycles. The van der Waals surface area contributed by atoms with E-state index in [2.05, 4.69) is 25.5 Å². The Morgan fingerprint density at radius 3 is 2.48 bits per heavy atom. The topological polar surface area (TPSA) is 80.7 Å². The summed E-state index contributed by atoms with van der Waals surface area (Å²) in [7, 11) is 0. The van der Waals surface area contributed by atoms with Crippen LogP contribution in [0.25, 0.3) is 11.3 Å². The molecule has 0 saturated carbocycles. The van der Waals surface area contributed by atoms with Crippen molar-refractivity contribution in [1.82, 2.24) is 20.2 Å². The Hall–Kier alpha value is -2.95. The van der Waals surface area contributed by atoms with Gasteiger partial charge in [0, 0.05) is 5.38 Å². The Balaban J connectivity index is 1.80. The van der Waals surface area contributed by atoms with Crippen LogP contribution in [0.2, 0.25) is 0 Å². The monoisotopic (exact) mass is 369 g/mol. The van der Waals surface area contributed by atoms with Crippen LogP contribution >= 0.6 is 11.3 Å². The second-order valence-electron chi connectivity index (χ2n) is 4.66. The van der Waals surface area contributed by atoms with Crippen LogP contribution in [-0.2, 0) is 6.18 Å². The minimum atomic E-state index is -4.74. The highest BCUT2D eigenvalue weighted by molar-refractivity contribution is 7.07. The van der Waals surface area contributed by atoms with Crippen LogP contribution in [0.15, 0.2) is 35.2 Å². The van der Waals surface area contributed by atoms with E-state index in [0.717, 1.165) is 6.07 Å². The average molecular weight is 369 g/mol. The maximum atomic E-state index is 13.8. The molecule has 1 amide bonds. The molecular weight excluding hydrogens is 362 g/mol. The smallest absolute Gasteiger partial charge is 0.304 e. The highest BCUT2D eigenvalue weighted by Gasteiger charge is 2.33. The van der Waals surface area contributed by atoms with E-state index in [4.69, 9.17) is 0 Å². The standard InChI is InChI=1S/C14H7F4N5OS/c15-12-7(1-3-10(20-12)14(16,17)18)8-2-4-11(23-22-8)21-13(24)9-5-25-6-19-9/h1-6H,(H,21,23,24). The molecule has 3 aromatic heterocycles. The van der Waals surface area contributed by atoms with Gasteiger partial charge in [0.2, 0.25) is 5.95 Å². The Bertz CT molecular complexity index is 897. The minimum Gasteiger partial charge on any atom is -0.304 e. The van der Waals surface area contributed by atoms with Crippen LogP contribution in [0.5, 0.6) is 0 Å². The Labute approximate surface area is 141 Å². The summed E-state index contributed by atoms with van der Waals surface area (Å²) in [6.45, 7) is 0. The SMILES string of the molecule is O=C(Nc1ccc(-c2ccc(C(F)(F)F)nc2F)nn1)c1cscn1. The van der Waals surface area contributed by atoms with Crippen molar-refractivity contribution in [3.05, 3.63) is 52.5 Å². The lowest BCUT2D eigenvalue weighted by atomic mass is 10.2. The van der Waals surface area contributed by atoms with Crippen molar-refractivity contribution in [3.63, 3.8) is 0 Å². The number of alkyl halides is 3. The zero-order valence-electron chi connectivity index (χ0n) is 12.1. The van der Waals surface area contributed by atoms with Crippen molar-refractivity contribution < 1.29 is 22.4 Å². The molecule has 11 heteroatoms. The van der Waals surface area contributed by atoms with Gasteiger partial charge in [0.15, 0.2) is 5.82 Å². The van der Waals surface area contributed by atoms with E-state index < -0.39 is 23.7 Å². The van der Waals surface area contributed by atoms with Gasteiger partial charge in [-0.05, 0) is 24.3 Å². The predicted octanol–water partition coefficient (Wildman–Crippen LogP) is 3.41. The molecule has 3 rings (SSSR count). The average Bonchev–Trinajstić information content (AvgIpc) is 3.09. The number of carbonyl (C=O) groups excluding carboxylic acids is 1. The largest absolute Gasteiger partial charge is 0.433 e. The maximum Gasteiger partial charge on any atom is 0.433 e. The molecule has 6 nitrogen and oxygen atoms in total. The van der Waals surface area contributed by atoms with E-state index in [-0.39, 0.29) is 22.8 Å². The fourth-order valence-electron chi connectivity index (χ4n) is 1.83. The number of pyridine rings is 1. The Morgan fingerprint density at radius 2 is 1.92 bits per heavy atom. The highest BCUT2D eigenvalue weighted by atomic mass is 32.1. The molecule has 128 valence electrons. The molecule has 0 unspecified atom stereocenters. The molecule has 0 spiro atoms. The third-order valence-electron chi connectivity index (χ3n) is 2.99. The summed E-state index contributed by atoms with van der Waals surface area (Å²) >= 11 is 1.25. The summed E-state index contributed by atoms with van der Waals surface area (Å²) in [5, 5.41) is 11.4. The Morgan fingerprint density at radius 1 is 1.12 bits per heavy atom. The van der Waals surface area contributed by atoms with E-state index in [1.165, 1.54) is 29.0 Å². The summed E-state index contributed by atoms with van der Waals surface area (Å²) < 4.78 is 51.3. The molecule has 0 bridgehead atoms. The number of rotatable bonds is 3. The van der Waals surface area contributed by atoms with E-state index in [1.54, 1.807) is 5.38 Å². The fraction of sp³-hybridized carbons (Fsp3) is 0.0714. The van der Waals surface area contributed by atoms with Gasteiger partial charge in [0.1, 0.15) is 11.4 Å². The first-order valence-electron chi connectivity index (χ1n) is 6.62. The zero-order chi connectivity index (χ0) is 18.0. The summed E-state index contributed by atoms with van der Waals surface area (Å²) in [4.78, 5) is 18.5. The Kier molecular flexibility index (Phi) is 4.40. The molecule has 0 saturated heterocycles. The summed E-state index contributed by atoms with van der Waals surface area (Å²) in [6, 6.07) is 4.21. The van der Waals surface area contributed by atoms with Crippen LogP contribution in [0, 0.1) is 5.95 Å². The molecular formula is C14H7F4N5OS. The molecule has 1 N–H and O–H groups in total. The van der Waals surface area contributed by atoms with Crippen molar-refractivity contribution in [2.24, 2.45) is 0 Å². The number of halogens is 4. The van der Waals surface area contributed by atoms with Crippen LogP contribution in [-0.4, -0.2) is 26.1 Å². The number of thiazole rings is 1. The third-order valence-corrected chi connectivity index (χ3v) is 3.57. The molecule has 3 heterocycles. The third kappa shape index (κ3) is 3.76. The molecule has 0 aliphatic heterocycles. The van der Waals surface area contributed by atoms with E-state index in [0.29, 0.717) is 6.07 Å². The first-order valence-corrected chi connectivity index (χ1v) is 7.56. The maximum absolute atomic E-state index is 13.8. The van der Waals surface area contributed by atoms with Gasteiger partial charge in [-0.3, -0.25) is 4.79 Å². The molecule has 0 fully saturated rings. The fourth-order valence-corrected chi connectivity index (χ4v) is 2.36. The number of nitrogens with one attached hydrogen (secondary N) is 1. The number of anilines is 1. The van der Waals surface area contributed by atoms with Crippen molar-refractivity contribution >= 4 is 23.1 Å². The van der Waals surface area contributed by atoms with Crippen molar-refractivity contribution in [3.8, 4) is 11.3 Å². The number of amides is 1. The van der Waals surface area contributed by atoms with Crippen molar-refractivity contribution in [2.45, 2.75) is 6.18 Å². The summed E-state index contributed by atoms with van der Waals surface area (Å²) in [6.07, 6.45) is -4.74. The number of nitrogens with zero attached hydrogens (tertiary/aromatic N) is 4. The van der Waals surface area contributed by atoms with Crippen LogP contribution in [0.1, 0.15) is 16.2 Å². The molecule has 3 aromatic rings. The molecule has 0 atom stereocenters. The van der Waals surface area contributed by atoms with Gasteiger partial charge < -0.3 is 5.32 Å². The lowest BCUT2D eigenvalue weighted by Gasteiger charge is -2.08. The van der Waals surface area contributed by atoms with Crippen LogP contribution in [0.4, 0.5) is 23.4 Å². The first kappa shape index (κ1) is 16.9. The molecule has 0 radical (unpaired) electrons. The van der Waals surface area contributed by atoms with Gasteiger partial charge in [0.25, 0.3) is 5.91 Å². The second-order valence-corrected chi connectivity index (χ2v) is 5.38. The second kappa shape index (κ2) is 6.51. The zero-order valence-corrected chi connectivity index (χ0v) is 12.9. The van der Waals surface area contributed by atoms with Gasteiger partial charge in [-0.2, -0.15) is 17.6 Å². The minimum absolute atomic E-state index is 0.0228. The van der Waals surface area contributed by atoms with E-state index in [9.17, 15) is 22.4 Å². The first-order chi connectivity index (χ1) is 11.8. The highest BCUT2D eigenvalue weighted by Crippen LogP contribution is 2.30. The van der Waals surface area contributed by atoms with Gasteiger partial charge in [0.05, 0.1) is 16.8 Å². The number of carbonyl (C=O) groups is 1. The molecule has 0 aliphatic rings. The van der Waals surface area contributed by atoms with Gasteiger partial charge in [-0.1, -0.05) is 0 Å². The van der Waals surface area contributed by atoms with E-state index >= 15 is 0 Å². The van der Waals surface area contributed by atoms with Crippen LogP contribution in [0.3, 0.4) is 0 Å². The molecule has 25 heavy (non-hydrogen) atoms. The quantitative estimate of drug-likeness (QED) is 0.565. The lowest BCUT2D eigenvalue weighted by Crippen LogP contribution is -2.13. The number of aromatic nitrogens is 4. The summed E-state index contributed by atoms with van der Waals surface area (Å²) in [5.74, 6) is -1.73. The predicted molar refractivity (Wildman–Crippen MR) is 80.3 cm³/mol. The summed E-state index contributed by atoms with van der Waals surface area (Å²) in [5.41, 5.74) is 0.0929. The van der Waals surface area contributed by atoms with Crippen LogP contribution < -0.4 is 5.32 Å². The normalized spacial score (nSPS) is 11.4. The number of hydrogen-bond donors (Lipinski definition) is 1. The van der Waals surface area contributed by atoms with Gasteiger partial charge >= 0.3 is 6.18 Å². The number of hydrogen-bond acceptors (Lipinski definition) is 6. The van der Waals surface area contributed by atoms with E-state index in [1.807, 2.05) is 0 Å². The van der Waals surface area contributed by atoms with Gasteiger partial charge in [-0.25, -0.2) is 9.97 Å². The molecule has 0 aliphatic carbocycles.